The van der Waals surface area contributed by atoms with E-state index in [0.29, 0.717) is 11.4 Å². The molecule has 4 heteroatoms. The van der Waals surface area contributed by atoms with Crippen molar-refractivity contribution in [3.63, 3.8) is 0 Å². The third-order valence-corrected chi connectivity index (χ3v) is 2.26. The summed E-state index contributed by atoms with van der Waals surface area (Å²) in [4.78, 5) is 0. The second-order valence-corrected chi connectivity index (χ2v) is 3.29. The van der Waals surface area contributed by atoms with Crippen molar-refractivity contribution in [3.05, 3.63) is 27.8 Å². The molecule has 0 aliphatic rings. The van der Waals surface area contributed by atoms with E-state index < -0.39 is 0 Å². The smallest absolute Gasteiger partial charge is 0.192 e. The van der Waals surface area contributed by atoms with Crippen LogP contribution in [-0.4, -0.2) is 0 Å². The van der Waals surface area contributed by atoms with E-state index >= 15 is 0 Å². The molecule has 0 aliphatic heterocycles. The summed E-state index contributed by atoms with van der Waals surface area (Å²) in [7, 11) is 0. The molecule has 0 heterocycles. The monoisotopic (exact) mass is 387 g/mol. The molecule has 0 saturated heterocycles. The highest BCUT2D eigenvalue weighted by molar-refractivity contribution is 14.1. The van der Waals surface area contributed by atoms with Gasteiger partial charge in [-0.3, -0.25) is 0 Å². The van der Waals surface area contributed by atoms with Gasteiger partial charge >= 0.3 is 0 Å². The van der Waals surface area contributed by atoms with Crippen LogP contribution in [-0.2, 0) is 0 Å². The number of hydrogen-bond donors (Lipinski definition) is 1. The number of nitrogens with two attached hydrogens (primary N) is 1. The molecule has 64 valence electrons. The van der Waals surface area contributed by atoms with Crippen molar-refractivity contribution in [2.24, 2.45) is 0 Å². The minimum absolute atomic E-state index is 0.680. The second-order valence-electron chi connectivity index (χ2n) is 2.13. The molecule has 2 N–H and O–H groups in total. The van der Waals surface area contributed by atoms with Gasteiger partial charge in [0.1, 0.15) is 0 Å². The Morgan fingerprint density at radius 1 is 1.42 bits per heavy atom. The Morgan fingerprint density at radius 2 is 2.17 bits per heavy atom. The first-order valence-corrected chi connectivity index (χ1v) is 5.36. The van der Waals surface area contributed by atoms with Gasteiger partial charge in [0.2, 0.25) is 0 Å². The van der Waals surface area contributed by atoms with E-state index in [-0.39, 0.29) is 0 Å². The average Bonchev–Trinajstić information content (AvgIpc) is 2.09. The summed E-state index contributed by atoms with van der Waals surface area (Å²) >= 11 is 3.97. The van der Waals surface area contributed by atoms with Crippen molar-refractivity contribution in [3.8, 4) is 5.75 Å². The van der Waals surface area contributed by atoms with Gasteiger partial charge in [0, 0.05) is 5.56 Å². The maximum Gasteiger partial charge on any atom is 0.192 e. The molecule has 0 atom stereocenters. The van der Waals surface area contributed by atoms with Crippen LogP contribution in [0.3, 0.4) is 0 Å². The average molecular weight is 387 g/mol. The molecule has 0 bridgehead atoms. The molecule has 0 unspecified atom stereocenters. The van der Waals surface area contributed by atoms with Gasteiger partial charge < -0.3 is 8.80 Å². The van der Waals surface area contributed by atoms with Crippen LogP contribution in [0.1, 0.15) is 5.56 Å². The third kappa shape index (κ3) is 2.25. The maximum atomic E-state index is 5.80. The van der Waals surface area contributed by atoms with Gasteiger partial charge in [0.25, 0.3) is 0 Å². The lowest BCUT2D eigenvalue weighted by Crippen LogP contribution is -1.91. The first-order valence-electron chi connectivity index (χ1n) is 3.23. The second kappa shape index (κ2) is 4.90. The van der Waals surface area contributed by atoms with Gasteiger partial charge in [-0.05, 0) is 16.2 Å². The van der Waals surface area contributed by atoms with Gasteiger partial charge in [-0.25, -0.2) is 0 Å². The molecule has 0 aromatic heterocycles. The van der Waals surface area contributed by atoms with E-state index in [2.05, 4.69) is 22.6 Å². The molecule has 0 amide bonds. The number of anilines is 1. The molecule has 2 nitrogen and oxygen atoms in total. The summed E-state index contributed by atoms with van der Waals surface area (Å²) < 4.78 is 6.96. The van der Waals surface area contributed by atoms with Crippen molar-refractivity contribution >= 4 is 57.4 Å². The molecule has 1 aromatic rings. The number of nitrogen functional groups attached to an aromatic ring is 1. The molecule has 0 radical (unpaired) electrons. The van der Waals surface area contributed by atoms with Crippen LogP contribution >= 0.6 is 45.6 Å². The minimum atomic E-state index is 0.680. The molecule has 12 heavy (non-hydrogen) atoms. The zero-order chi connectivity index (χ0) is 8.97. The van der Waals surface area contributed by atoms with E-state index in [4.69, 9.17) is 8.80 Å². The lowest BCUT2D eigenvalue weighted by molar-refractivity contribution is 0.720. The van der Waals surface area contributed by atoms with Gasteiger partial charge in [-0.2, -0.15) is 0 Å². The minimum Gasteiger partial charge on any atom is -0.425 e. The summed E-state index contributed by atoms with van der Waals surface area (Å²) in [6, 6.07) is 5.70. The van der Waals surface area contributed by atoms with Crippen LogP contribution in [0.5, 0.6) is 5.75 Å². The first kappa shape index (κ1) is 10.1. The Labute approximate surface area is 99.0 Å². The number of benzene rings is 1. The Kier molecular flexibility index (Phi) is 4.13. The Morgan fingerprint density at radius 3 is 2.75 bits per heavy atom. The SMILES string of the molecule is Nc1c(/C=C\I)cccc1OI. The largest absolute Gasteiger partial charge is 0.425 e. The number of para-hydroxylation sites is 1. The number of halogens is 2. The fourth-order valence-corrected chi connectivity index (χ4v) is 1.61. The Bertz CT molecular complexity index is 299. The fraction of sp³-hybridized carbons (Fsp3) is 0. The predicted octanol–water partition coefficient (Wildman–Crippen LogP) is 3.40. The van der Waals surface area contributed by atoms with Crippen LogP contribution in [0, 0.1) is 0 Å². The number of rotatable bonds is 2. The fourth-order valence-electron chi connectivity index (χ4n) is 0.841. The molecule has 0 saturated carbocycles. The third-order valence-electron chi connectivity index (χ3n) is 1.43. The zero-order valence-corrected chi connectivity index (χ0v) is 10.4. The summed E-state index contributed by atoms with van der Waals surface area (Å²) in [6.45, 7) is 0. The molecule has 0 spiro atoms. The summed E-state index contributed by atoms with van der Waals surface area (Å²) in [5, 5.41) is 0. The van der Waals surface area contributed by atoms with Crippen LogP contribution in [0.25, 0.3) is 6.08 Å². The van der Waals surface area contributed by atoms with Crippen molar-refractivity contribution < 1.29 is 3.07 Å². The molecule has 0 aliphatic carbocycles. The van der Waals surface area contributed by atoms with Gasteiger partial charge in [-0.1, -0.05) is 34.7 Å². The van der Waals surface area contributed by atoms with Gasteiger partial charge in [-0.15, -0.1) is 0 Å². The summed E-state index contributed by atoms with van der Waals surface area (Å²) in [6.07, 6.45) is 1.94. The highest BCUT2D eigenvalue weighted by Crippen LogP contribution is 2.27. The Balaban J connectivity index is 3.13. The lowest BCUT2D eigenvalue weighted by atomic mass is 10.2. The van der Waals surface area contributed by atoms with E-state index in [1.807, 2.05) is 51.4 Å². The normalized spacial score (nSPS) is 10.5. The van der Waals surface area contributed by atoms with Crippen molar-refractivity contribution in [2.45, 2.75) is 0 Å². The summed E-state index contributed by atoms with van der Waals surface area (Å²) in [5.74, 6) is 0.711. The Hall–Kier alpha value is 0.0200. The van der Waals surface area contributed by atoms with Gasteiger partial charge in [0.05, 0.1) is 5.69 Å². The molecule has 0 fully saturated rings. The summed E-state index contributed by atoms with van der Waals surface area (Å²) in [5.41, 5.74) is 7.46. The van der Waals surface area contributed by atoms with E-state index in [0.717, 1.165) is 5.56 Å². The van der Waals surface area contributed by atoms with Crippen LogP contribution < -0.4 is 8.80 Å². The highest BCUT2D eigenvalue weighted by Gasteiger charge is 2.01. The first-order chi connectivity index (χ1) is 5.79. The van der Waals surface area contributed by atoms with E-state index in [1.165, 1.54) is 0 Å². The lowest BCUT2D eigenvalue weighted by Gasteiger charge is -2.04. The van der Waals surface area contributed by atoms with E-state index in [1.54, 1.807) is 0 Å². The standard InChI is InChI=1S/C8H7I2NO/c9-5-4-6-2-1-3-7(12-10)8(6)11/h1-5H,11H2/b5-4-. The molecular weight excluding hydrogens is 380 g/mol. The molecule has 1 rings (SSSR count). The van der Waals surface area contributed by atoms with Crippen LogP contribution in [0.15, 0.2) is 22.3 Å². The van der Waals surface area contributed by atoms with Crippen molar-refractivity contribution in [1.82, 2.24) is 0 Å². The maximum absolute atomic E-state index is 5.80. The van der Waals surface area contributed by atoms with Crippen molar-refractivity contribution in [2.75, 3.05) is 5.73 Å². The molecule has 1 aromatic carbocycles. The zero-order valence-electron chi connectivity index (χ0n) is 6.13. The number of hydrogen-bond acceptors (Lipinski definition) is 2. The van der Waals surface area contributed by atoms with E-state index in [9.17, 15) is 0 Å². The predicted molar refractivity (Wildman–Crippen MR) is 68.6 cm³/mol. The van der Waals surface area contributed by atoms with Gasteiger partial charge in [0.15, 0.2) is 28.8 Å². The quantitative estimate of drug-likeness (QED) is 0.624. The molecular formula is C8H7I2NO. The topological polar surface area (TPSA) is 35.2 Å². The van der Waals surface area contributed by atoms with Crippen LogP contribution in [0.4, 0.5) is 5.69 Å². The highest BCUT2D eigenvalue weighted by atomic mass is 127. The van der Waals surface area contributed by atoms with Crippen molar-refractivity contribution in [1.29, 1.82) is 0 Å². The van der Waals surface area contributed by atoms with Crippen LogP contribution in [0.2, 0.25) is 0 Å².